The second kappa shape index (κ2) is 5.64. The van der Waals surface area contributed by atoms with Gasteiger partial charge in [-0.25, -0.2) is 0 Å². The van der Waals surface area contributed by atoms with Crippen molar-refractivity contribution in [2.24, 2.45) is 0 Å². The first kappa shape index (κ1) is 15.2. The van der Waals surface area contributed by atoms with E-state index in [1.807, 2.05) is 42.5 Å². The zero-order valence-corrected chi connectivity index (χ0v) is 14.1. The van der Waals surface area contributed by atoms with Gasteiger partial charge in [-0.3, -0.25) is 10.1 Å². The zero-order chi connectivity index (χ0) is 16.7. The number of anilines is 1. The fraction of sp³-hybridized carbons (Fsp3) is 0.350. The molecule has 2 atom stereocenters. The number of carbonyl (C=O) groups excluding carboxylic acids is 1. The van der Waals surface area contributed by atoms with Crippen LogP contribution in [-0.2, 0) is 16.6 Å². The average molecular weight is 322 g/mol. The van der Waals surface area contributed by atoms with Crippen molar-refractivity contribution in [3.05, 3.63) is 59.7 Å². The second-order valence-electron chi connectivity index (χ2n) is 6.95. The van der Waals surface area contributed by atoms with Crippen LogP contribution in [0.4, 0.5) is 5.69 Å². The summed E-state index contributed by atoms with van der Waals surface area (Å²) >= 11 is 0. The number of fused-ring (bicyclic) bond motifs is 3. The third-order valence-electron chi connectivity index (χ3n) is 5.36. The normalized spacial score (nSPS) is 24.6. The summed E-state index contributed by atoms with van der Waals surface area (Å²) in [5.41, 5.74) is 3.53. The van der Waals surface area contributed by atoms with E-state index < -0.39 is 0 Å². The van der Waals surface area contributed by atoms with Crippen LogP contribution in [0.15, 0.2) is 48.5 Å². The fourth-order valence-electron chi connectivity index (χ4n) is 4.09. The summed E-state index contributed by atoms with van der Waals surface area (Å²) in [6.07, 6.45) is 1.71. The van der Waals surface area contributed by atoms with Gasteiger partial charge in [0.1, 0.15) is 5.75 Å². The van der Waals surface area contributed by atoms with Crippen LogP contribution in [0.1, 0.15) is 24.5 Å². The van der Waals surface area contributed by atoms with E-state index in [0.717, 1.165) is 18.5 Å². The topological polar surface area (TPSA) is 41.6 Å². The van der Waals surface area contributed by atoms with Crippen LogP contribution in [0.5, 0.6) is 5.75 Å². The Kier molecular flexibility index (Phi) is 3.57. The highest BCUT2D eigenvalue weighted by Crippen LogP contribution is 2.49. The lowest BCUT2D eigenvalue weighted by Crippen LogP contribution is -2.44. The Morgan fingerprint density at radius 1 is 1.29 bits per heavy atom. The molecule has 4 nitrogen and oxygen atoms in total. The third-order valence-corrected chi connectivity index (χ3v) is 5.36. The largest absolute Gasteiger partial charge is 0.426 e. The van der Waals surface area contributed by atoms with Crippen LogP contribution in [-0.4, -0.2) is 25.7 Å². The molecule has 2 aromatic rings. The molecule has 0 aliphatic carbocycles. The first-order chi connectivity index (χ1) is 11.6. The maximum atomic E-state index is 12.2. The van der Waals surface area contributed by atoms with Gasteiger partial charge in [0.15, 0.2) is 0 Å². The summed E-state index contributed by atoms with van der Waals surface area (Å²) in [7, 11) is 2.12. The predicted octanol–water partition coefficient (Wildman–Crippen LogP) is 2.86. The molecule has 2 aliphatic rings. The van der Waals surface area contributed by atoms with Crippen molar-refractivity contribution in [2.75, 3.05) is 18.5 Å². The molecule has 0 aromatic heterocycles. The zero-order valence-electron chi connectivity index (χ0n) is 14.1. The third kappa shape index (κ3) is 2.38. The smallest absolute Gasteiger partial charge is 0.315 e. The van der Waals surface area contributed by atoms with Crippen LogP contribution in [0.3, 0.4) is 0 Å². The molecule has 1 saturated heterocycles. The van der Waals surface area contributed by atoms with Crippen LogP contribution in [0.25, 0.3) is 0 Å². The summed E-state index contributed by atoms with van der Waals surface area (Å²) in [5.74, 6) is 0.413. The van der Waals surface area contributed by atoms with Gasteiger partial charge >= 0.3 is 5.97 Å². The number of hydrogen-bond donors (Lipinski definition) is 1. The molecular formula is C20H22N2O2. The average Bonchev–Trinajstić information content (AvgIpc) is 3.05. The Balaban J connectivity index is 1.55. The molecular weight excluding hydrogens is 300 g/mol. The van der Waals surface area contributed by atoms with E-state index in [4.69, 9.17) is 4.74 Å². The molecule has 2 aliphatic heterocycles. The molecule has 0 spiro atoms. The first-order valence-electron chi connectivity index (χ1n) is 8.43. The van der Waals surface area contributed by atoms with Crippen molar-refractivity contribution in [3.8, 4) is 5.75 Å². The van der Waals surface area contributed by atoms with Gasteiger partial charge in [-0.05, 0) is 42.3 Å². The van der Waals surface area contributed by atoms with Gasteiger partial charge in [0.25, 0.3) is 0 Å². The highest BCUT2D eigenvalue weighted by atomic mass is 16.5. The molecule has 4 rings (SSSR count). The van der Waals surface area contributed by atoms with Gasteiger partial charge in [-0.1, -0.05) is 37.3 Å². The highest BCUT2D eigenvalue weighted by molar-refractivity contribution is 5.76. The van der Waals surface area contributed by atoms with Gasteiger partial charge in [-0.2, -0.15) is 0 Å². The minimum absolute atomic E-state index is 0.0753. The molecule has 1 fully saturated rings. The van der Waals surface area contributed by atoms with Crippen molar-refractivity contribution in [2.45, 2.75) is 31.3 Å². The molecule has 0 bridgehead atoms. The Morgan fingerprint density at radius 3 is 2.88 bits per heavy atom. The maximum absolute atomic E-state index is 12.2. The van der Waals surface area contributed by atoms with Crippen LogP contribution in [0.2, 0.25) is 0 Å². The standard InChI is InChI=1S/C20H22N2O2/c1-20-10-11-21-19(20)22(2)17-9-8-15(13-16(17)20)24-18(23)12-14-6-4-3-5-7-14/h3-9,13,19,21H,10-12H2,1-2H3/t19-,20+/m1/s1. The minimum atomic E-state index is -0.223. The summed E-state index contributed by atoms with van der Waals surface area (Å²) in [6, 6.07) is 15.7. The number of nitrogens with one attached hydrogen (secondary N) is 1. The highest BCUT2D eigenvalue weighted by Gasteiger charge is 2.49. The van der Waals surface area contributed by atoms with Gasteiger partial charge in [0.05, 0.1) is 12.6 Å². The summed E-state index contributed by atoms with van der Waals surface area (Å²) in [5, 5.41) is 3.57. The lowest BCUT2D eigenvalue weighted by molar-refractivity contribution is -0.133. The molecule has 124 valence electrons. The molecule has 0 radical (unpaired) electrons. The number of hydrogen-bond acceptors (Lipinski definition) is 4. The van der Waals surface area contributed by atoms with E-state index in [-0.39, 0.29) is 11.4 Å². The molecule has 4 heteroatoms. The Hall–Kier alpha value is -2.33. The second-order valence-corrected chi connectivity index (χ2v) is 6.95. The van der Waals surface area contributed by atoms with Crippen molar-refractivity contribution in [3.63, 3.8) is 0 Å². The van der Waals surface area contributed by atoms with E-state index in [2.05, 4.69) is 30.3 Å². The van der Waals surface area contributed by atoms with Crippen molar-refractivity contribution < 1.29 is 9.53 Å². The first-order valence-corrected chi connectivity index (χ1v) is 8.43. The lowest BCUT2D eigenvalue weighted by atomic mass is 9.81. The van der Waals surface area contributed by atoms with E-state index in [9.17, 15) is 4.79 Å². The van der Waals surface area contributed by atoms with Crippen molar-refractivity contribution in [1.82, 2.24) is 5.32 Å². The maximum Gasteiger partial charge on any atom is 0.315 e. The monoisotopic (exact) mass is 322 g/mol. The van der Waals surface area contributed by atoms with Gasteiger partial charge in [0.2, 0.25) is 0 Å². The Bertz CT molecular complexity index is 774. The molecule has 2 aromatic carbocycles. The number of carbonyl (C=O) groups is 1. The number of likely N-dealkylation sites (N-methyl/N-ethyl adjacent to an activating group) is 1. The summed E-state index contributed by atoms with van der Waals surface area (Å²) < 4.78 is 5.59. The van der Waals surface area contributed by atoms with Gasteiger partial charge in [0, 0.05) is 18.2 Å². The van der Waals surface area contributed by atoms with Gasteiger partial charge < -0.3 is 9.64 Å². The van der Waals surface area contributed by atoms with E-state index in [0.29, 0.717) is 18.3 Å². The number of esters is 1. The summed E-state index contributed by atoms with van der Waals surface area (Å²) in [6.45, 7) is 3.30. The Labute approximate surface area is 142 Å². The number of ether oxygens (including phenoxy) is 1. The van der Waals surface area contributed by atoms with Crippen molar-refractivity contribution in [1.29, 1.82) is 0 Å². The number of rotatable bonds is 3. The van der Waals surface area contributed by atoms with Crippen LogP contribution >= 0.6 is 0 Å². The predicted molar refractivity (Wildman–Crippen MR) is 94.4 cm³/mol. The molecule has 0 amide bonds. The molecule has 2 heterocycles. The Morgan fingerprint density at radius 2 is 2.08 bits per heavy atom. The minimum Gasteiger partial charge on any atom is -0.426 e. The van der Waals surface area contributed by atoms with Crippen LogP contribution in [0, 0.1) is 0 Å². The van der Waals surface area contributed by atoms with Crippen molar-refractivity contribution >= 4 is 11.7 Å². The number of nitrogens with zero attached hydrogens (tertiary/aromatic N) is 1. The molecule has 0 saturated carbocycles. The fourth-order valence-corrected chi connectivity index (χ4v) is 4.09. The summed E-state index contributed by atoms with van der Waals surface area (Å²) in [4.78, 5) is 14.5. The molecule has 0 unspecified atom stereocenters. The number of benzene rings is 2. The molecule has 24 heavy (non-hydrogen) atoms. The van der Waals surface area contributed by atoms with Gasteiger partial charge in [-0.15, -0.1) is 0 Å². The van der Waals surface area contributed by atoms with E-state index >= 15 is 0 Å². The van der Waals surface area contributed by atoms with E-state index in [1.54, 1.807) is 0 Å². The van der Waals surface area contributed by atoms with E-state index in [1.165, 1.54) is 11.3 Å². The lowest BCUT2D eigenvalue weighted by Gasteiger charge is -2.27. The SMILES string of the molecule is CN1c2ccc(OC(=O)Cc3ccccc3)cc2[C@]2(C)CCN[C@H]12. The molecule has 1 N–H and O–H groups in total. The quantitative estimate of drug-likeness (QED) is 0.697. The van der Waals surface area contributed by atoms with Crippen LogP contribution < -0.4 is 15.0 Å².